The molecule has 0 saturated carbocycles. The lowest BCUT2D eigenvalue weighted by atomic mass is 10.0. The second-order valence-corrected chi connectivity index (χ2v) is 14.1. The van der Waals surface area contributed by atoms with Gasteiger partial charge in [0.15, 0.2) is 9.84 Å². The molecule has 0 spiro atoms. The molecule has 0 bridgehead atoms. The first kappa shape index (κ1) is 28.3. The maximum atomic E-state index is 14.5. The molecule has 38 heavy (non-hydrogen) atoms. The lowest BCUT2D eigenvalue weighted by Gasteiger charge is -2.34. The van der Waals surface area contributed by atoms with Crippen LogP contribution in [0, 0.1) is 12.7 Å². The first-order valence-corrected chi connectivity index (χ1v) is 14.7. The van der Waals surface area contributed by atoms with Gasteiger partial charge in [0, 0.05) is 55.2 Å². The Bertz CT molecular complexity index is 1420. The minimum atomic E-state index is -3.39. The van der Waals surface area contributed by atoms with Crippen molar-refractivity contribution in [1.29, 1.82) is 0 Å². The molecule has 204 valence electrons. The zero-order valence-corrected chi connectivity index (χ0v) is 24.1. The van der Waals surface area contributed by atoms with E-state index in [0.717, 1.165) is 48.7 Å². The van der Waals surface area contributed by atoms with Gasteiger partial charge in [-0.1, -0.05) is 23.7 Å². The highest BCUT2D eigenvalue weighted by molar-refractivity contribution is 7.91. The van der Waals surface area contributed by atoms with Crippen LogP contribution in [0.15, 0.2) is 42.6 Å². The summed E-state index contributed by atoms with van der Waals surface area (Å²) < 4.78 is 39.1. The second-order valence-electron chi connectivity index (χ2n) is 10.9. The van der Waals surface area contributed by atoms with Crippen LogP contribution >= 0.6 is 11.6 Å². The van der Waals surface area contributed by atoms with Crippen molar-refractivity contribution >= 4 is 38.8 Å². The van der Waals surface area contributed by atoms with Crippen LogP contribution in [0.25, 0.3) is 0 Å². The van der Waals surface area contributed by atoms with Crippen LogP contribution in [0.5, 0.6) is 0 Å². The quantitative estimate of drug-likeness (QED) is 0.416. The van der Waals surface area contributed by atoms with Crippen LogP contribution in [0.1, 0.15) is 43.2 Å². The fraction of sp³-hybridized carbons (Fsp3) is 0.429. The monoisotopic (exact) mass is 559 g/mol. The van der Waals surface area contributed by atoms with Crippen LogP contribution in [0.3, 0.4) is 0 Å². The number of halogens is 2. The molecule has 0 unspecified atom stereocenters. The third kappa shape index (κ3) is 6.81. The second kappa shape index (κ2) is 11.2. The molecule has 0 amide bonds. The van der Waals surface area contributed by atoms with Crippen LogP contribution in [-0.4, -0.2) is 61.3 Å². The fourth-order valence-electron chi connectivity index (χ4n) is 4.20. The van der Waals surface area contributed by atoms with E-state index in [9.17, 15) is 12.8 Å². The number of sulfone groups is 1. The van der Waals surface area contributed by atoms with Gasteiger partial charge in [0.1, 0.15) is 5.82 Å². The number of aromatic nitrogens is 2. The molecule has 1 fully saturated rings. The summed E-state index contributed by atoms with van der Waals surface area (Å²) in [6, 6.07) is 10.3. The number of rotatable bonds is 7. The lowest BCUT2D eigenvalue weighted by molar-refractivity contribution is 0.313. The molecule has 2 aromatic carbocycles. The van der Waals surface area contributed by atoms with Crippen LogP contribution < -0.4 is 10.2 Å². The largest absolute Gasteiger partial charge is 0.369 e. The SMILES string of the molecule is Cc1cnc(Nc2cc(F)cc(N3CCN(C)CC3)c2)nc1Cc1ccc(Cl)c(CS(=O)(=O)C(C)(C)C)c1. The maximum absolute atomic E-state index is 14.5. The number of likely N-dealkylation sites (N-methyl/N-ethyl adjacent to an activating group) is 1. The van der Waals surface area contributed by atoms with Crippen LogP contribution in [0.2, 0.25) is 5.02 Å². The number of hydrogen-bond donors (Lipinski definition) is 1. The average molecular weight is 560 g/mol. The van der Waals surface area contributed by atoms with Crippen molar-refractivity contribution in [3.63, 3.8) is 0 Å². The number of nitrogens with one attached hydrogen (secondary N) is 1. The Balaban J connectivity index is 1.54. The first-order valence-electron chi connectivity index (χ1n) is 12.6. The number of hydrogen-bond acceptors (Lipinski definition) is 7. The maximum Gasteiger partial charge on any atom is 0.227 e. The number of anilines is 3. The summed E-state index contributed by atoms with van der Waals surface area (Å²) in [7, 11) is -1.30. The predicted octanol–water partition coefficient (Wildman–Crippen LogP) is 5.38. The summed E-state index contributed by atoms with van der Waals surface area (Å²) in [4.78, 5) is 13.5. The number of nitrogens with zero attached hydrogens (tertiary/aromatic N) is 4. The van der Waals surface area contributed by atoms with E-state index < -0.39 is 14.6 Å². The highest BCUT2D eigenvalue weighted by Gasteiger charge is 2.29. The van der Waals surface area contributed by atoms with Gasteiger partial charge in [-0.05, 0) is 75.7 Å². The van der Waals surface area contributed by atoms with Gasteiger partial charge in [0.05, 0.1) is 16.2 Å². The smallest absolute Gasteiger partial charge is 0.227 e. The lowest BCUT2D eigenvalue weighted by Crippen LogP contribution is -2.44. The zero-order valence-electron chi connectivity index (χ0n) is 22.6. The van der Waals surface area contributed by atoms with E-state index in [-0.39, 0.29) is 11.6 Å². The summed E-state index contributed by atoms with van der Waals surface area (Å²) >= 11 is 6.35. The third-order valence-corrected chi connectivity index (χ3v) is 9.77. The van der Waals surface area contributed by atoms with Crippen molar-refractivity contribution in [2.45, 2.75) is 44.6 Å². The normalized spacial score (nSPS) is 15.1. The van der Waals surface area contributed by atoms with Crippen molar-refractivity contribution in [1.82, 2.24) is 14.9 Å². The molecular weight excluding hydrogens is 525 g/mol. The van der Waals surface area contributed by atoms with Gasteiger partial charge in [0.2, 0.25) is 5.95 Å². The topological polar surface area (TPSA) is 78.4 Å². The van der Waals surface area contributed by atoms with Gasteiger partial charge in [-0.3, -0.25) is 0 Å². The molecule has 1 N–H and O–H groups in total. The molecule has 10 heteroatoms. The molecule has 1 aliphatic rings. The van der Waals surface area contributed by atoms with Crippen molar-refractivity contribution in [2.24, 2.45) is 0 Å². The van der Waals surface area contributed by atoms with Gasteiger partial charge in [0.25, 0.3) is 0 Å². The summed E-state index contributed by atoms with van der Waals surface area (Å²) in [6.45, 7) is 10.5. The number of aryl methyl sites for hydroxylation is 1. The minimum absolute atomic E-state index is 0.131. The Morgan fingerprint density at radius 2 is 1.79 bits per heavy atom. The minimum Gasteiger partial charge on any atom is -0.369 e. The molecule has 3 aromatic rings. The fourth-order valence-corrected chi connectivity index (χ4v) is 5.55. The Hall–Kier alpha value is -2.75. The van der Waals surface area contributed by atoms with Crippen molar-refractivity contribution in [3.8, 4) is 0 Å². The van der Waals surface area contributed by atoms with Crippen LogP contribution in [0.4, 0.5) is 21.7 Å². The molecule has 1 aromatic heterocycles. The molecule has 7 nitrogen and oxygen atoms in total. The Labute approximate surface area is 230 Å². The summed E-state index contributed by atoms with van der Waals surface area (Å²) in [5.74, 6) is -0.0892. The van der Waals surface area contributed by atoms with Gasteiger partial charge < -0.3 is 15.1 Å². The summed E-state index contributed by atoms with van der Waals surface area (Å²) in [6.07, 6.45) is 2.20. The van der Waals surface area contributed by atoms with Crippen LogP contribution in [-0.2, 0) is 22.0 Å². The standard InChI is InChI=1S/C28H35ClFN5O2S/c1-19-17-31-27(32-23-14-22(30)15-24(16-23)35-10-8-34(5)9-11-35)33-26(19)13-20-6-7-25(29)21(12-20)18-38(36,37)28(2,3)4/h6-7,12,14-17H,8-11,13,18H2,1-5H3,(H,31,32,33). The van der Waals surface area contributed by atoms with Gasteiger partial charge in [-0.25, -0.2) is 22.8 Å². The molecular formula is C28H35ClFN5O2S. The first-order chi connectivity index (χ1) is 17.8. The molecule has 0 aliphatic carbocycles. The van der Waals surface area contributed by atoms with Crippen molar-refractivity contribution in [3.05, 3.63) is 75.8 Å². The molecule has 0 radical (unpaired) electrons. The highest BCUT2D eigenvalue weighted by atomic mass is 35.5. The Kier molecular flexibility index (Phi) is 8.30. The molecule has 2 heterocycles. The zero-order chi connectivity index (χ0) is 27.7. The van der Waals surface area contributed by atoms with E-state index >= 15 is 0 Å². The van der Waals surface area contributed by atoms with Gasteiger partial charge >= 0.3 is 0 Å². The van der Waals surface area contributed by atoms with E-state index in [1.54, 1.807) is 39.1 Å². The van der Waals surface area contributed by atoms with Gasteiger partial charge in [-0.15, -0.1) is 0 Å². The Morgan fingerprint density at radius 1 is 1.08 bits per heavy atom. The molecule has 4 rings (SSSR count). The summed E-state index contributed by atoms with van der Waals surface area (Å²) in [5, 5.41) is 3.58. The average Bonchev–Trinajstić information content (AvgIpc) is 2.82. The van der Waals surface area contributed by atoms with Crippen molar-refractivity contribution < 1.29 is 12.8 Å². The van der Waals surface area contributed by atoms with E-state index in [0.29, 0.717) is 28.6 Å². The predicted molar refractivity (Wildman–Crippen MR) is 153 cm³/mol. The number of piperazine rings is 1. The number of benzene rings is 2. The van der Waals surface area contributed by atoms with E-state index in [1.165, 1.54) is 6.07 Å². The summed E-state index contributed by atoms with van der Waals surface area (Å²) in [5.41, 5.74) is 4.54. The van der Waals surface area contributed by atoms with E-state index in [4.69, 9.17) is 16.6 Å². The third-order valence-electron chi connectivity index (χ3n) is 6.84. The Morgan fingerprint density at radius 3 is 2.47 bits per heavy atom. The molecule has 1 aliphatic heterocycles. The van der Waals surface area contributed by atoms with Crippen molar-refractivity contribution in [2.75, 3.05) is 43.4 Å². The molecule has 1 saturated heterocycles. The highest BCUT2D eigenvalue weighted by Crippen LogP contribution is 2.28. The van der Waals surface area contributed by atoms with E-state index in [2.05, 4.69) is 27.1 Å². The van der Waals surface area contributed by atoms with E-state index in [1.807, 2.05) is 25.1 Å². The van der Waals surface area contributed by atoms with Gasteiger partial charge in [-0.2, -0.15) is 0 Å². The molecule has 0 atom stereocenters.